The predicted octanol–water partition coefficient (Wildman–Crippen LogP) is 0.843. The maximum atomic E-state index is 11.5. The van der Waals surface area contributed by atoms with Crippen molar-refractivity contribution in [3.05, 3.63) is 29.1 Å². The summed E-state index contributed by atoms with van der Waals surface area (Å²) in [5.74, 6) is -0.495. The van der Waals surface area contributed by atoms with Crippen LogP contribution in [0.1, 0.15) is 47.3 Å². The largest absolute Gasteiger partial charge is 0.310 e. The number of aromatic nitrogens is 1. The van der Waals surface area contributed by atoms with Crippen LogP contribution in [0.25, 0.3) is 0 Å². The van der Waals surface area contributed by atoms with Crippen LogP contribution in [0.3, 0.4) is 0 Å². The molecule has 6 heteroatoms. The van der Waals surface area contributed by atoms with Crippen molar-refractivity contribution < 1.29 is 10.0 Å². The summed E-state index contributed by atoms with van der Waals surface area (Å²) in [4.78, 5) is 18.5. The van der Waals surface area contributed by atoms with E-state index in [2.05, 4.69) is 15.2 Å². The standard InChI is InChI=1S/C16H22N4O2/c21-15(19-22)12-8-11-3-7-20(10-13(11)17-9-12)14-2-5-16(14)4-1-6-18-16/h8-9,14,18,22H,1-7,10H2,(H,19,21)/t14-,16+/m0/s1. The number of nitrogens with zero attached hydrogens (tertiary/aromatic N) is 2. The van der Waals surface area contributed by atoms with Gasteiger partial charge in [0.25, 0.3) is 5.91 Å². The zero-order valence-electron chi connectivity index (χ0n) is 12.6. The first-order valence-electron chi connectivity index (χ1n) is 8.13. The fourth-order valence-corrected chi connectivity index (χ4v) is 4.37. The minimum atomic E-state index is -0.495. The molecule has 1 spiro atoms. The number of pyridine rings is 1. The van der Waals surface area contributed by atoms with Crippen molar-refractivity contribution in [1.29, 1.82) is 0 Å². The van der Waals surface area contributed by atoms with Crippen molar-refractivity contribution in [2.45, 2.75) is 50.2 Å². The summed E-state index contributed by atoms with van der Waals surface area (Å²) >= 11 is 0. The van der Waals surface area contributed by atoms with Gasteiger partial charge in [-0.3, -0.25) is 19.9 Å². The molecule has 2 fully saturated rings. The number of nitrogens with one attached hydrogen (secondary N) is 2. The van der Waals surface area contributed by atoms with E-state index in [4.69, 9.17) is 5.21 Å². The van der Waals surface area contributed by atoms with E-state index in [1.54, 1.807) is 11.7 Å². The van der Waals surface area contributed by atoms with Gasteiger partial charge < -0.3 is 5.32 Å². The lowest BCUT2D eigenvalue weighted by atomic mass is 9.69. The third-order valence-corrected chi connectivity index (χ3v) is 5.66. The van der Waals surface area contributed by atoms with E-state index in [1.165, 1.54) is 25.7 Å². The average Bonchev–Trinajstić information content (AvgIpc) is 3.05. The zero-order chi connectivity index (χ0) is 15.2. The minimum Gasteiger partial charge on any atom is -0.310 e. The number of hydrogen-bond donors (Lipinski definition) is 3. The molecular weight excluding hydrogens is 280 g/mol. The van der Waals surface area contributed by atoms with Gasteiger partial charge >= 0.3 is 0 Å². The van der Waals surface area contributed by atoms with E-state index in [1.807, 2.05) is 6.07 Å². The molecule has 2 atom stereocenters. The van der Waals surface area contributed by atoms with Crippen molar-refractivity contribution in [3.8, 4) is 0 Å². The van der Waals surface area contributed by atoms with Gasteiger partial charge in [0.15, 0.2) is 0 Å². The van der Waals surface area contributed by atoms with Gasteiger partial charge in [0.2, 0.25) is 0 Å². The summed E-state index contributed by atoms with van der Waals surface area (Å²) in [6, 6.07) is 2.49. The second kappa shape index (κ2) is 5.30. The third-order valence-electron chi connectivity index (χ3n) is 5.66. The van der Waals surface area contributed by atoms with Crippen LogP contribution in [-0.4, -0.2) is 45.7 Å². The van der Waals surface area contributed by atoms with Gasteiger partial charge in [0.05, 0.1) is 11.3 Å². The highest BCUT2D eigenvalue weighted by Gasteiger charge is 2.51. The fourth-order valence-electron chi connectivity index (χ4n) is 4.37. The zero-order valence-corrected chi connectivity index (χ0v) is 12.6. The lowest BCUT2D eigenvalue weighted by Crippen LogP contribution is -2.65. The molecule has 0 unspecified atom stereocenters. The van der Waals surface area contributed by atoms with Crippen LogP contribution < -0.4 is 10.8 Å². The number of carbonyl (C=O) groups excluding carboxylic acids is 1. The Kier molecular flexibility index (Phi) is 3.40. The number of hydroxylamine groups is 1. The van der Waals surface area contributed by atoms with Crippen molar-refractivity contribution in [3.63, 3.8) is 0 Å². The summed E-state index contributed by atoms with van der Waals surface area (Å²) in [6.07, 6.45) is 7.62. The Hall–Kier alpha value is -1.50. The lowest BCUT2D eigenvalue weighted by Gasteiger charge is -2.53. The van der Waals surface area contributed by atoms with Crippen molar-refractivity contribution in [2.24, 2.45) is 0 Å². The highest BCUT2D eigenvalue weighted by atomic mass is 16.5. The molecular formula is C16H22N4O2. The van der Waals surface area contributed by atoms with Crippen LogP contribution in [0.4, 0.5) is 0 Å². The molecule has 1 aromatic heterocycles. The molecule has 1 aliphatic carbocycles. The molecule has 3 heterocycles. The van der Waals surface area contributed by atoms with Gasteiger partial charge in [-0.05, 0) is 50.3 Å². The summed E-state index contributed by atoms with van der Waals surface area (Å²) in [5, 5.41) is 12.5. The smallest absolute Gasteiger partial charge is 0.276 e. The quantitative estimate of drug-likeness (QED) is 0.557. The van der Waals surface area contributed by atoms with Crippen molar-refractivity contribution >= 4 is 5.91 Å². The van der Waals surface area contributed by atoms with E-state index in [-0.39, 0.29) is 0 Å². The monoisotopic (exact) mass is 302 g/mol. The number of fused-ring (bicyclic) bond motifs is 1. The Bertz CT molecular complexity index is 598. The van der Waals surface area contributed by atoms with Crippen LogP contribution in [0.5, 0.6) is 0 Å². The van der Waals surface area contributed by atoms with Gasteiger partial charge in [-0.2, -0.15) is 0 Å². The Morgan fingerprint density at radius 2 is 2.41 bits per heavy atom. The normalized spacial score (nSPS) is 30.9. The number of amides is 1. The molecule has 0 radical (unpaired) electrons. The molecule has 6 nitrogen and oxygen atoms in total. The molecule has 4 rings (SSSR count). The minimum absolute atomic E-state index is 0.355. The maximum Gasteiger partial charge on any atom is 0.276 e. The molecule has 3 N–H and O–H groups in total. The fraction of sp³-hybridized carbons (Fsp3) is 0.625. The summed E-state index contributed by atoms with van der Waals surface area (Å²) in [6.45, 7) is 3.04. The molecule has 1 amide bonds. The van der Waals surface area contributed by atoms with Crippen LogP contribution in [0.2, 0.25) is 0 Å². The summed E-state index contributed by atoms with van der Waals surface area (Å²) < 4.78 is 0. The highest BCUT2D eigenvalue weighted by Crippen LogP contribution is 2.43. The van der Waals surface area contributed by atoms with E-state index in [0.29, 0.717) is 17.1 Å². The Balaban J connectivity index is 1.51. The molecule has 22 heavy (non-hydrogen) atoms. The number of carbonyl (C=O) groups is 1. The third kappa shape index (κ3) is 2.14. The topological polar surface area (TPSA) is 77.5 Å². The lowest BCUT2D eigenvalue weighted by molar-refractivity contribution is 0.0140. The first-order chi connectivity index (χ1) is 10.7. The van der Waals surface area contributed by atoms with Gasteiger partial charge in [0.1, 0.15) is 0 Å². The molecule has 0 aromatic carbocycles. The molecule has 1 saturated heterocycles. The molecule has 1 saturated carbocycles. The SMILES string of the molecule is O=C(NO)c1cnc2c(c1)CCN([C@H]1CC[C@]13CCCN3)C2. The summed E-state index contributed by atoms with van der Waals surface area (Å²) in [7, 11) is 0. The van der Waals surface area contributed by atoms with Gasteiger partial charge in [0, 0.05) is 30.9 Å². The molecule has 118 valence electrons. The van der Waals surface area contributed by atoms with Crippen LogP contribution >= 0.6 is 0 Å². The predicted molar refractivity (Wildman–Crippen MR) is 80.6 cm³/mol. The van der Waals surface area contributed by atoms with Gasteiger partial charge in [-0.15, -0.1) is 0 Å². The highest BCUT2D eigenvalue weighted by molar-refractivity contribution is 5.93. The first kappa shape index (κ1) is 14.1. The molecule has 3 aliphatic rings. The molecule has 0 bridgehead atoms. The van der Waals surface area contributed by atoms with Crippen molar-refractivity contribution in [1.82, 2.24) is 20.7 Å². The van der Waals surface area contributed by atoms with Gasteiger partial charge in [-0.25, -0.2) is 5.48 Å². The van der Waals surface area contributed by atoms with Crippen LogP contribution in [-0.2, 0) is 13.0 Å². The number of rotatable bonds is 2. The molecule has 2 aliphatic heterocycles. The Morgan fingerprint density at radius 3 is 3.09 bits per heavy atom. The molecule has 1 aromatic rings. The van der Waals surface area contributed by atoms with Crippen molar-refractivity contribution in [2.75, 3.05) is 13.1 Å². The Morgan fingerprint density at radius 1 is 1.50 bits per heavy atom. The first-order valence-corrected chi connectivity index (χ1v) is 8.13. The van der Waals surface area contributed by atoms with Crippen LogP contribution in [0.15, 0.2) is 12.3 Å². The Labute approximate surface area is 129 Å². The number of hydrogen-bond acceptors (Lipinski definition) is 5. The second-order valence-corrected chi connectivity index (χ2v) is 6.73. The van der Waals surface area contributed by atoms with Crippen LogP contribution in [0, 0.1) is 0 Å². The second-order valence-electron chi connectivity index (χ2n) is 6.73. The van der Waals surface area contributed by atoms with Gasteiger partial charge in [-0.1, -0.05) is 0 Å². The summed E-state index contributed by atoms with van der Waals surface area (Å²) in [5.41, 5.74) is 4.65. The van der Waals surface area contributed by atoms with E-state index in [0.717, 1.165) is 37.3 Å². The van der Waals surface area contributed by atoms with E-state index < -0.39 is 5.91 Å². The van der Waals surface area contributed by atoms with E-state index >= 15 is 0 Å². The van der Waals surface area contributed by atoms with E-state index in [9.17, 15) is 4.79 Å². The maximum absolute atomic E-state index is 11.5. The average molecular weight is 302 g/mol.